The first kappa shape index (κ1) is 13.3. The van der Waals surface area contributed by atoms with Crippen LogP contribution in [0.15, 0.2) is 36.7 Å². The molecule has 3 rings (SSSR count). The van der Waals surface area contributed by atoms with Gasteiger partial charge in [0.15, 0.2) is 11.6 Å². The third kappa shape index (κ3) is 4.30. The highest BCUT2D eigenvalue weighted by molar-refractivity contribution is 5.56. The molecule has 1 unspecified atom stereocenters. The van der Waals surface area contributed by atoms with Crippen molar-refractivity contribution in [3.63, 3.8) is 0 Å². The van der Waals surface area contributed by atoms with Crippen LogP contribution in [-0.4, -0.2) is 46.7 Å². The van der Waals surface area contributed by atoms with E-state index in [4.69, 9.17) is 8.85 Å². The summed E-state index contributed by atoms with van der Waals surface area (Å²) in [6, 6.07) is 6.66. The summed E-state index contributed by atoms with van der Waals surface area (Å²) < 4.78 is 27.9. The van der Waals surface area contributed by atoms with Gasteiger partial charge in [0, 0.05) is 9.68 Å². The normalized spacial score (nSPS) is 20.0. The molecule has 1 aromatic carbocycles. The van der Waals surface area contributed by atoms with Crippen molar-refractivity contribution in [1.29, 1.82) is 0 Å². The van der Waals surface area contributed by atoms with E-state index < -0.39 is 13.0 Å². The van der Waals surface area contributed by atoms with Crippen molar-refractivity contribution in [1.82, 2.24) is 14.9 Å². The van der Waals surface area contributed by atoms with Gasteiger partial charge in [-0.3, -0.25) is 0 Å². The van der Waals surface area contributed by atoms with Gasteiger partial charge in [-0.25, -0.2) is 9.97 Å². The molecule has 1 fully saturated rings. The Bertz CT molecular complexity index is 745. The van der Waals surface area contributed by atoms with Crippen LogP contribution in [0, 0.1) is 5.92 Å². The second-order valence-corrected chi connectivity index (χ2v) is 6.33. The lowest BCUT2D eigenvalue weighted by atomic mass is 9.98. The maximum absolute atomic E-state index is 9.96. The summed E-state index contributed by atoms with van der Waals surface area (Å²) in [4.78, 5) is 11.0. The summed E-state index contributed by atoms with van der Waals surface area (Å²) in [6.45, 7) is 0.395. The van der Waals surface area contributed by atoms with Gasteiger partial charge in [0.2, 0.25) is 0 Å². The quantitative estimate of drug-likeness (QED) is 0.913. The molecule has 24 heavy (non-hydrogen) atoms. The third-order valence-corrected chi connectivity index (χ3v) is 4.41. The topological polar surface area (TPSA) is 58.5 Å². The Morgan fingerprint density at radius 2 is 2.08 bits per heavy atom. The van der Waals surface area contributed by atoms with E-state index in [1.807, 2.05) is 0 Å². The van der Waals surface area contributed by atoms with Crippen molar-refractivity contribution in [2.75, 3.05) is 26.7 Å². The number of aromatic nitrogens is 2. The number of likely N-dealkylation sites (tertiary alicyclic amines) is 1. The molecule has 1 saturated heterocycles. The number of aliphatic hydroxyl groups is 1. The number of aliphatic hydroxyl groups excluding tert-OH is 1. The molecular weight excluding hydrogens is 302 g/mol. The first-order chi connectivity index (χ1) is 12.8. The van der Waals surface area contributed by atoms with Crippen LogP contribution in [0.5, 0.6) is 5.75 Å². The van der Waals surface area contributed by atoms with Crippen LogP contribution in [0.4, 0.5) is 0 Å². The SMILES string of the molecule is [2H]C([2H])([2H])C(O)c1cccc(-c2ncc(OCC3CCN(C)CC3)cn2)c1. The zero-order valence-corrected chi connectivity index (χ0v) is 13.9. The molecule has 1 aliphatic rings. The molecule has 1 N–H and O–H groups in total. The van der Waals surface area contributed by atoms with E-state index in [9.17, 15) is 5.11 Å². The van der Waals surface area contributed by atoms with Gasteiger partial charge in [-0.1, -0.05) is 18.2 Å². The van der Waals surface area contributed by atoms with E-state index in [0.29, 0.717) is 35.2 Å². The molecular formula is C19H25N3O2. The summed E-state index contributed by atoms with van der Waals surface area (Å²) in [5.41, 5.74) is 0.969. The maximum atomic E-state index is 9.96. The summed E-state index contributed by atoms with van der Waals surface area (Å²) in [5, 5.41) is 9.96. The van der Waals surface area contributed by atoms with Crippen LogP contribution >= 0.6 is 0 Å². The standard InChI is InChI=1S/C19H25N3O2/c1-14(23)16-4-3-5-17(10-16)19-20-11-18(12-21-19)24-13-15-6-8-22(2)9-7-15/h3-5,10-12,14-15,23H,6-9,13H2,1-2H3/i1D3. The Labute approximate surface area is 147 Å². The Hall–Kier alpha value is -1.98. The number of rotatable bonds is 5. The lowest BCUT2D eigenvalue weighted by Crippen LogP contribution is -2.32. The number of nitrogens with zero attached hydrogens (tertiary/aromatic N) is 3. The van der Waals surface area contributed by atoms with Crippen LogP contribution in [0.3, 0.4) is 0 Å². The monoisotopic (exact) mass is 330 g/mol. The van der Waals surface area contributed by atoms with Gasteiger partial charge in [-0.15, -0.1) is 0 Å². The van der Waals surface area contributed by atoms with Gasteiger partial charge < -0.3 is 14.7 Å². The average Bonchev–Trinajstić information content (AvgIpc) is 2.67. The molecule has 5 nitrogen and oxygen atoms in total. The molecule has 0 spiro atoms. The molecule has 0 bridgehead atoms. The van der Waals surface area contributed by atoms with E-state index >= 15 is 0 Å². The fourth-order valence-electron chi connectivity index (χ4n) is 2.83. The molecule has 0 aliphatic carbocycles. The van der Waals surface area contributed by atoms with Crippen LogP contribution in [0.1, 0.15) is 35.5 Å². The molecule has 5 heteroatoms. The molecule has 0 saturated carbocycles. The maximum Gasteiger partial charge on any atom is 0.159 e. The minimum Gasteiger partial charge on any atom is -0.490 e. The van der Waals surface area contributed by atoms with E-state index in [-0.39, 0.29) is 0 Å². The number of hydrogen-bond acceptors (Lipinski definition) is 5. The van der Waals surface area contributed by atoms with Gasteiger partial charge in [-0.2, -0.15) is 0 Å². The number of ether oxygens (including phenoxy) is 1. The van der Waals surface area contributed by atoms with Crippen molar-refractivity contribution in [2.45, 2.75) is 25.8 Å². The summed E-state index contributed by atoms with van der Waals surface area (Å²) in [7, 11) is 2.13. The predicted octanol–water partition coefficient (Wildman–Crippen LogP) is 2.92. The molecule has 1 atom stereocenters. The fourth-order valence-corrected chi connectivity index (χ4v) is 2.83. The van der Waals surface area contributed by atoms with Crippen LogP contribution < -0.4 is 4.74 Å². The largest absolute Gasteiger partial charge is 0.490 e. The van der Waals surface area contributed by atoms with Crippen molar-refractivity contribution >= 4 is 0 Å². The van der Waals surface area contributed by atoms with Gasteiger partial charge in [0.1, 0.15) is 0 Å². The zero-order chi connectivity index (χ0) is 19.4. The Kier molecular flexibility index (Phi) is 4.29. The molecule has 1 aliphatic heterocycles. The van der Waals surface area contributed by atoms with Crippen LogP contribution in [-0.2, 0) is 0 Å². The molecule has 2 aromatic rings. The van der Waals surface area contributed by atoms with Crippen LogP contribution in [0.2, 0.25) is 0 Å². The number of benzene rings is 1. The lowest BCUT2D eigenvalue weighted by molar-refractivity contribution is 0.159. The Balaban J connectivity index is 1.63. The minimum atomic E-state index is -2.47. The van der Waals surface area contributed by atoms with Crippen molar-refractivity contribution < 1.29 is 14.0 Å². The van der Waals surface area contributed by atoms with E-state index in [2.05, 4.69) is 21.9 Å². The van der Waals surface area contributed by atoms with E-state index in [0.717, 1.165) is 25.9 Å². The lowest BCUT2D eigenvalue weighted by Gasteiger charge is -2.28. The second kappa shape index (κ2) is 7.73. The summed E-state index contributed by atoms with van der Waals surface area (Å²) >= 11 is 0. The second-order valence-electron chi connectivity index (χ2n) is 6.33. The third-order valence-electron chi connectivity index (χ3n) is 4.41. The van der Waals surface area contributed by atoms with Gasteiger partial charge in [0.25, 0.3) is 0 Å². The van der Waals surface area contributed by atoms with Crippen molar-refractivity contribution in [2.24, 2.45) is 5.92 Å². The predicted molar refractivity (Wildman–Crippen MR) is 93.8 cm³/mol. The molecule has 0 amide bonds. The van der Waals surface area contributed by atoms with Crippen LogP contribution in [0.25, 0.3) is 11.4 Å². The molecule has 2 heterocycles. The first-order valence-electron chi connectivity index (χ1n) is 9.75. The Morgan fingerprint density at radius 1 is 1.33 bits per heavy atom. The van der Waals surface area contributed by atoms with Gasteiger partial charge in [-0.05, 0) is 57.4 Å². The number of piperidine rings is 1. The van der Waals surface area contributed by atoms with E-state index in [1.54, 1.807) is 36.7 Å². The highest BCUT2D eigenvalue weighted by atomic mass is 16.5. The van der Waals surface area contributed by atoms with E-state index in [1.165, 1.54) is 0 Å². The summed E-state index contributed by atoms with van der Waals surface area (Å²) in [6.07, 6.45) is 3.99. The first-order valence-corrected chi connectivity index (χ1v) is 8.25. The van der Waals surface area contributed by atoms with Crippen molar-refractivity contribution in [3.8, 4) is 17.1 Å². The molecule has 0 radical (unpaired) electrons. The summed E-state index contributed by atoms with van der Waals surface area (Å²) in [5.74, 6) is 1.64. The minimum absolute atomic E-state index is 0.318. The highest BCUT2D eigenvalue weighted by Gasteiger charge is 2.17. The zero-order valence-electron chi connectivity index (χ0n) is 16.9. The molecule has 128 valence electrons. The van der Waals surface area contributed by atoms with Gasteiger partial charge in [0.05, 0.1) is 25.1 Å². The fraction of sp³-hybridized carbons (Fsp3) is 0.474. The highest BCUT2D eigenvalue weighted by Crippen LogP contribution is 2.22. The molecule has 1 aromatic heterocycles. The number of hydrogen-bond donors (Lipinski definition) is 1. The Morgan fingerprint density at radius 3 is 2.79 bits per heavy atom. The average molecular weight is 330 g/mol. The van der Waals surface area contributed by atoms with Crippen molar-refractivity contribution in [3.05, 3.63) is 42.2 Å². The smallest absolute Gasteiger partial charge is 0.159 e. The van der Waals surface area contributed by atoms with Gasteiger partial charge >= 0.3 is 0 Å².